The quantitative estimate of drug-likeness (QED) is 0.519. The number of nitrogens with zero attached hydrogens (tertiary/aromatic N) is 1. The third-order valence-electron chi connectivity index (χ3n) is 4.48. The maximum atomic E-state index is 12.4. The van der Waals surface area contributed by atoms with Gasteiger partial charge in [0.1, 0.15) is 5.75 Å². The molecule has 2 aromatic carbocycles. The Morgan fingerprint density at radius 1 is 1.07 bits per heavy atom. The number of carbonyl (C=O) groups excluding carboxylic acids is 3. The van der Waals surface area contributed by atoms with Crippen LogP contribution in [0.5, 0.6) is 5.75 Å². The molecule has 0 unspecified atom stereocenters. The Morgan fingerprint density at radius 2 is 1.79 bits per heavy atom. The number of halogens is 2. The van der Waals surface area contributed by atoms with Crippen LogP contribution in [0.2, 0.25) is 0 Å². The molecule has 0 bridgehead atoms. The van der Waals surface area contributed by atoms with Gasteiger partial charge in [-0.25, -0.2) is 4.79 Å². The van der Waals surface area contributed by atoms with Crippen LogP contribution >= 0.6 is 0 Å². The molecular weight excluding hydrogens is 384 g/mol. The number of rotatable bonds is 7. The van der Waals surface area contributed by atoms with E-state index in [1.165, 1.54) is 31.2 Å². The molecule has 1 atom stereocenters. The minimum atomic E-state index is -2.96. The largest absolute Gasteiger partial charge is 0.451 e. The number of anilines is 1. The smallest absolute Gasteiger partial charge is 0.387 e. The van der Waals surface area contributed by atoms with Gasteiger partial charge in [0.2, 0.25) is 11.7 Å². The highest BCUT2D eigenvalue weighted by Gasteiger charge is 2.24. The number of hydrogen-bond donors (Lipinski definition) is 0. The lowest BCUT2D eigenvalue weighted by atomic mass is 10.1. The van der Waals surface area contributed by atoms with E-state index in [2.05, 4.69) is 4.74 Å². The van der Waals surface area contributed by atoms with Crippen molar-refractivity contribution in [1.82, 2.24) is 0 Å². The summed E-state index contributed by atoms with van der Waals surface area (Å²) >= 11 is 0. The fourth-order valence-corrected chi connectivity index (χ4v) is 3.04. The first-order valence-electron chi connectivity index (χ1n) is 9.05. The van der Waals surface area contributed by atoms with Gasteiger partial charge in [-0.3, -0.25) is 9.59 Å². The van der Waals surface area contributed by atoms with E-state index >= 15 is 0 Å². The summed E-state index contributed by atoms with van der Waals surface area (Å²) in [6.07, 6.45) is 0.156. The Bertz CT molecular complexity index is 914. The Kier molecular flexibility index (Phi) is 6.21. The maximum absolute atomic E-state index is 12.4. The Balaban J connectivity index is 1.65. The first-order chi connectivity index (χ1) is 13.8. The van der Waals surface area contributed by atoms with Crippen molar-refractivity contribution in [3.05, 3.63) is 59.7 Å². The average Bonchev–Trinajstić information content (AvgIpc) is 3.13. The number of esters is 1. The van der Waals surface area contributed by atoms with Gasteiger partial charge in [-0.15, -0.1) is 0 Å². The lowest BCUT2D eigenvalue weighted by Crippen LogP contribution is -2.25. The van der Waals surface area contributed by atoms with Gasteiger partial charge in [-0.05, 0) is 55.8 Å². The minimum absolute atomic E-state index is 0.00154. The van der Waals surface area contributed by atoms with Gasteiger partial charge < -0.3 is 14.4 Å². The van der Waals surface area contributed by atoms with Crippen LogP contribution in [-0.4, -0.2) is 36.9 Å². The standard InChI is InChI=1S/C21H19F2NO5/c1-13(19(26)14-7-9-17(10-8-14)29-21(22)23)28-20(27)15-4-2-5-16(12-15)24-11-3-6-18(24)25/h2,4-5,7-10,12-13,21H,3,6,11H2,1H3/t13-/m1/s1. The van der Waals surface area contributed by atoms with E-state index in [0.29, 0.717) is 18.7 Å². The second-order valence-corrected chi connectivity index (χ2v) is 6.51. The number of carbonyl (C=O) groups is 3. The molecule has 3 rings (SSSR count). The molecule has 0 radical (unpaired) electrons. The molecule has 1 aliphatic rings. The summed E-state index contributed by atoms with van der Waals surface area (Å²) in [6, 6.07) is 11.6. The molecule has 2 aromatic rings. The first kappa shape index (κ1) is 20.4. The molecule has 29 heavy (non-hydrogen) atoms. The van der Waals surface area contributed by atoms with Crippen molar-refractivity contribution in [3.8, 4) is 5.75 Å². The van der Waals surface area contributed by atoms with Crippen LogP contribution in [0.3, 0.4) is 0 Å². The second-order valence-electron chi connectivity index (χ2n) is 6.51. The van der Waals surface area contributed by atoms with E-state index in [9.17, 15) is 23.2 Å². The van der Waals surface area contributed by atoms with Gasteiger partial charge in [0.15, 0.2) is 6.10 Å². The maximum Gasteiger partial charge on any atom is 0.387 e. The van der Waals surface area contributed by atoms with Crippen molar-refractivity contribution in [2.45, 2.75) is 32.5 Å². The SMILES string of the molecule is C[C@@H](OC(=O)c1cccc(N2CCCC2=O)c1)C(=O)c1ccc(OC(F)F)cc1. The molecule has 1 aliphatic heterocycles. The molecule has 1 saturated heterocycles. The van der Waals surface area contributed by atoms with Crippen LogP contribution in [-0.2, 0) is 9.53 Å². The van der Waals surface area contributed by atoms with Crippen molar-refractivity contribution in [3.63, 3.8) is 0 Å². The zero-order valence-electron chi connectivity index (χ0n) is 15.6. The van der Waals surface area contributed by atoms with Gasteiger partial charge in [0.25, 0.3) is 0 Å². The Morgan fingerprint density at radius 3 is 2.41 bits per heavy atom. The summed E-state index contributed by atoms with van der Waals surface area (Å²) in [6.45, 7) is -0.933. The fourth-order valence-electron chi connectivity index (χ4n) is 3.04. The van der Waals surface area contributed by atoms with Crippen molar-refractivity contribution in [1.29, 1.82) is 0 Å². The number of ketones is 1. The predicted octanol–water partition coefficient (Wildman–Crippen LogP) is 3.84. The summed E-state index contributed by atoms with van der Waals surface area (Å²) in [5.41, 5.74) is 1.03. The van der Waals surface area contributed by atoms with Crippen LogP contribution in [0.4, 0.5) is 14.5 Å². The molecule has 1 amide bonds. The van der Waals surface area contributed by atoms with Gasteiger partial charge in [0.05, 0.1) is 5.56 Å². The third kappa shape index (κ3) is 4.96. The molecule has 152 valence electrons. The lowest BCUT2D eigenvalue weighted by molar-refractivity contribution is -0.117. The predicted molar refractivity (Wildman–Crippen MR) is 100 cm³/mol. The highest BCUT2D eigenvalue weighted by molar-refractivity contribution is 6.02. The number of alkyl halides is 2. The minimum Gasteiger partial charge on any atom is -0.451 e. The zero-order valence-corrected chi connectivity index (χ0v) is 15.6. The van der Waals surface area contributed by atoms with E-state index in [0.717, 1.165) is 6.42 Å². The molecule has 0 spiro atoms. The molecule has 0 aromatic heterocycles. The van der Waals surface area contributed by atoms with Gasteiger partial charge in [-0.1, -0.05) is 6.07 Å². The summed E-state index contributed by atoms with van der Waals surface area (Å²) in [4.78, 5) is 38.4. The molecule has 1 heterocycles. The van der Waals surface area contributed by atoms with Crippen LogP contribution in [0.15, 0.2) is 48.5 Å². The van der Waals surface area contributed by atoms with E-state index < -0.39 is 24.5 Å². The molecule has 6 nitrogen and oxygen atoms in total. The van der Waals surface area contributed by atoms with Crippen molar-refractivity contribution < 1.29 is 32.6 Å². The number of ether oxygens (including phenoxy) is 2. The van der Waals surface area contributed by atoms with Crippen LogP contribution in [0.1, 0.15) is 40.5 Å². The summed E-state index contributed by atoms with van der Waals surface area (Å²) in [5, 5.41) is 0. The molecule has 8 heteroatoms. The van der Waals surface area contributed by atoms with Crippen molar-refractivity contribution in [2.75, 3.05) is 11.4 Å². The van der Waals surface area contributed by atoms with Crippen LogP contribution in [0, 0.1) is 0 Å². The Labute approximate surface area is 166 Å². The Hall–Kier alpha value is -3.29. The molecular formula is C21H19F2NO5. The number of benzene rings is 2. The van der Waals surface area contributed by atoms with Crippen molar-refractivity contribution >= 4 is 23.3 Å². The normalized spacial score (nSPS) is 14.8. The van der Waals surface area contributed by atoms with Crippen LogP contribution in [0.25, 0.3) is 0 Å². The topological polar surface area (TPSA) is 72.9 Å². The molecule has 1 fully saturated rings. The summed E-state index contributed by atoms with van der Waals surface area (Å²) in [5.74, 6) is -1.25. The number of hydrogen-bond acceptors (Lipinski definition) is 5. The van der Waals surface area contributed by atoms with Gasteiger partial charge >= 0.3 is 12.6 Å². The third-order valence-corrected chi connectivity index (χ3v) is 4.48. The monoisotopic (exact) mass is 403 g/mol. The average molecular weight is 403 g/mol. The fraction of sp³-hybridized carbons (Fsp3) is 0.286. The van der Waals surface area contributed by atoms with Gasteiger partial charge in [0, 0.05) is 24.2 Å². The van der Waals surface area contributed by atoms with Crippen LogP contribution < -0.4 is 9.64 Å². The van der Waals surface area contributed by atoms with E-state index in [4.69, 9.17) is 4.74 Å². The molecule has 0 saturated carbocycles. The first-order valence-corrected chi connectivity index (χ1v) is 9.05. The highest BCUT2D eigenvalue weighted by Crippen LogP contribution is 2.23. The van der Waals surface area contributed by atoms with E-state index in [1.54, 1.807) is 29.2 Å². The van der Waals surface area contributed by atoms with Crippen molar-refractivity contribution in [2.24, 2.45) is 0 Å². The van der Waals surface area contributed by atoms with Gasteiger partial charge in [-0.2, -0.15) is 8.78 Å². The number of Topliss-reactive ketones (excluding diaryl/α,β-unsaturated/α-hetero) is 1. The zero-order chi connectivity index (χ0) is 21.0. The molecule has 0 N–H and O–H groups in total. The summed E-state index contributed by atoms with van der Waals surface area (Å²) < 4.78 is 33.9. The lowest BCUT2D eigenvalue weighted by Gasteiger charge is -2.17. The second kappa shape index (κ2) is 8.81. The highest BCUT2D eigenvalue weighted by atomic mass is 19.3. The van der Waals surface area contributed by atoms with E-state index in [1.807, 2.05) is 0 Å². The summed E-state index contributed by atoms with van der Waals surface area (Å²) in [7, 11) is 0. The number of amides is 1. The van der Waals surface area contributed by atoms with E-state index in [-0.39, 0.29) is 22.8 Å². The molecule has 0 aliphatic carbocycles.